The number of halogens is 2. The Morgan fingerprint density at radius 3 is 3.06 bits per heavy atom. The minimum absolute atomic E-state index is 0.218. The number of aromatic nitrogens is 2. The highest BCUT2D eigenvalue weighted by Gasteiger charge is 2.24. The Labute approximate surface area is 114 Å². The monoisotopic (exact) mass is 308 g/mol. The van der Waals surface area contributed by atoms with Gasteiger partial charge < -0.3 is 4.57 Å². The molecule has 1 aliphatic heterocycles. The SMILES string of the molecule is CC1CCCc2c(Br)nc(-c3cccc(F)c3)n21. The maximum absolute atomic E-state index is 13.3. The van der Waals surface area contributed by atoms with Gasteiger partial charge in [-0.25, -0.2) is 9.37 Å². The van der Waals surface area contributed by atoms with Crippen molar-refractivity contribution in [1.82, 2.24) is 9.55 Å². The van der Waals surface area contributed by atoms with Gasteiger partial charge in [-0.05, 0) is 54.2 Å². The molecule has 1 aromatic heterocycles. The molecule has 0 bridgehead atoms. The normalized spacial score (nSPS) is 18.7. The number of benzene rings is 1. The zero-order chi connectivity index (χ0) is 12.7. The second kappa shape index (κ2) is 4.50. The molecule has 3 rings (SSSR count). The fourth-order valence-electron chi connectivity index (χ4n) is 2.66. The molecule has 1 unspecified atom stereocenters. The Balaban J connectivity index is 2.18. The molecule has 1 aromatic carbocycles. The van der Waals surface area contributed by atoms with Crippen molar-refractivity contribution in [2.75, 3.05) is 0 Å². The maximum atomic E-state index is 13.3. The third kappa shape index (κ3) is 1.88. The number of fused-ring (bicyclic) bond motifs is 1. The van der Waals surface area contributed by atoms with Crippen LogP contribution in [0, 0.1) is 5.82 Å². The predicted octanol–water partition coefficient (Wildman–Crippen LogP) is 4.35. The lowest BCUT2D eigenvalue weighted by molar-refractivity contribution is 0.435. The van der Waals surface area contributed by atoms with Gasteiger partial charge in [-0.15, -0.1) is 0 Å². The average molecular weight is 309 g/mol. The topological polar surface area (TPSA) is 17.8 Å². The largest absolute Gasteiger partial charge is 0.324 e. The zero-order valence-electron chi connectivity index (χ0n) is 10.2. The van der Waals surface area contributed by atoms with Crippen LogP contribution in [0.1, 0.15) is 31.5 Å². The van der Waals surface area contributed by atoms with Gasteiger partial charge in [-0.3, -0.25) is 0 Å². The Bertz CT molecular complexity index is 591. The summed E-state index contributed by atoms with van der Waals surface area (Å²) in [6.07, 6.45) is 3.37. The van der Waals surface area contributed by atoms with Crippen LogP contribution in [0.25, 0.3) is 11.4 Å². The minimum Gasteiger partial charge on any atom is -0.324 e. The van der Waals surface area contributed by atoms with Gasteiger partial charge in [-0.2, -0.15) is 0 Å². The van der Waals surface area contributed by atoms with E-state index in [-0.39, 0.29) is 5.82 Å². The molecular formula is C14H14BrFN2. The van der Waals surface area contributed by atoms with E-state index in [0.717, 1.165) is 28.8 Å². The predicted molar refractivity (Wildman–Crippen MR) is 73.0 cm³/mol. The van der Waals surface area contributed by atoms with Crippen molar-refractivity contribution >= 4 is 15.9 Å². The summed E-state index contributed by atoms with van der Waals surface area (Å²) in [6, 6.07) is 7.07. The summed E-state index contributed by atoms with van der Waals surface area (Å²) in [6.45, 7) is 2.19. The van der Waals surface area contributed by atoms with E-state index in [1.807, 2.05) is 6.07 Å². The van der Waals surface area contributed by atoms with E-state index in [2.05, 4.69) is 32.4 Å². The van der Waals surface area contributed by atoms with E-state index in [1.165, 1.54) is 18.2 Å². The van der Waals surface area contributed by atoms with Crippen LogP contribution in [-0.2, 0) is 6.42 Å². The summed E-state index contributed by atoms with van der Waals surface area (Å²) < 4.78 is 16.5. The molecule has 1 aliphatic rings. The first-order chi connectivity index (χ1) is 8.66. The van der Waals surface area contributed by atoms with Crippen LogP contribution in [0.2, 0.25) is 0 Å². The molecule has 0 saturated heterocycles. The smallest absolute Gasteiger partial charge is 0.141 e. The van der Waals surface area contributed by atoms with Gasteiger partial charge in [-0.1, -0.05) is 12.1 Å². The van der Waals surface area contributed by atoms with Crippen molar-refractivity contribution in [2.24, 2.45) is 0 Å². The van der Waals surface area contributed by atoms with E-state index < -0.39 is 0 Å². The lowest BCUT2D eigenvalue weighted by atomic mass is 10.0. The van der Waals surface area contributed by atoms with Gasteiger partial charge in [0.05, 0.1) is 5.69 Å². The van der Waals surface area contributed by atoms with Crippen LogP contribution in [0.5, 0.6) is 0 Å². The van der Waals surface area contributed by atoms with Crippen LogP contribution in [0.15, 0.2) is 28.9 Å². The summed E-state index contributed by atoms with van der Waals surface area (Å²) in [5, 5.41) is 0. The molecule has 0 aliphatic carbocycles. The van der Waals surface area contributed by atoms with Crippen LogP contribution in [-0.4, -0.2) is 9.55 Å². The van der Waals surface area contributed by atoms with Crippen LogP contribution in [0.4, 0.5) is 4.39 Å². The molecule has 2 nitrogen and oxygen atoms in total. The van der Waals surface area contributed by atoms with Gasteiger partial charge >= 0.3 is 0 Å². The van der Waals surface area contributed by atoms with Gasteiger partial charge in [0.15, 0.2) is 0 Å². The number of rotatable bonds is 1. The molecule has 0 amide bonds. The molecule has 2 aromatic rings. The summed E-state index contributed by atoms with van der Waals surface area (Å²) in [7, 11) is 0. The summed E-state index contributed by atoms with van der Waals surface area (Å²) >= 11 is 3.52. The Kier molecular flexibility index (Phi) is 2.98. The molecule has 18 heavy (non-hydrogen) atoms. The number of nitrogens with zero attached hydrogens (tertiary/aromatic N) is 2. The number of imidazole rings is 1. The average Bonchev–Trinajstić information content (AvgIpc) is 2.69. The van der Waals surface area contributed by atoms with E-state index in [9.17, 15) is 4.39 Å². The van der Waals surface area contributed by atoms with Crippen molar-refractivity contribution in [3.63, 3.8) is 0 Å². The van der Waals surface area contributed by atoms with Crippen molar-refractivity contribution in [2.45, 2.75) is 32.2 Å². The third-order valence-corrected chi connectivity index (χ3v) is 4.16. The van der Waals surface area contributed by atoms with Crippen LogP contribution in [0.3, 0.4) is 0 Å². The fourth-order valence-corrected chi connectivity index (χ4v) is 3.22. The first-order valence-electron chi connectivity index (χ1n) is 6.19. The molecule has 2 heterocycles. The molecule has 4 heteroatoms. The first-order valence-corrected chi connectivity index (χ1v) is 6.98. The molecule has 0 fully saturated rings. The first kappa shape index (κ1) is 11.9. The molecule has 0 spiro atoms. The Morgan fingerprint density at radius 2 is 2.28 bits per heavy atom. The van der Waals surface area contributed by atoms with Gasteiger partial charge in [0.1, 0.15) is 16.2 Å². The zero-order valence-corrected chi connectivity index (χ0v) is 11.7. The second-order valence-corrected chi connectivity index (χ2v) is 5.55. The maximum Gasteiger partial charge on any atom is 0.141 e. The highest BCUT2D eigenvalue weighted by atomic mass is 79.9. The molecule has 0 radical (unpaired) electrons. The van der Waals surface area contributed by atoms with Crippen molar-refractivity contribution < 1.29 is 4.39 Å². The molecule has 1 atom stereocenters. The standard InChI is InChI=1S/C14H14BrFN2/c1-9-4-2-7-12-13(15)17-14(18(9)12)10-5-3-6-11(16)8-10/h3,5-6,8-9H,2,4,7H2,1H3. The van der Waals surface area contributed by atoms with E-state index in [4.69, 9.17) is 0 Å². The Morgan fingerprint density at radius 1 is 1.44 bits per heavy atom. The van der Waals surface area contributed by atoms with E-state index >= 15 is 0 Å². The molecular weight excluding hydrogens is 295 g/mol. The second-order valence-electron chi connectivity index (χ2n) is 4.79. The van der Waals surface area contributed by atoms with Crippen LogP contribution >= 0.6 is 15.9 Å². The van der Waals surface area contributed by atoms with Crippen molar-refractivity contribution in [3.8, 4) is 11.4 Å². The minimum atomic E-state index is -0.218. The highest BCUT2D eigenvalue weighted by molar-refractivity contribution is 9.10. The van der Waals surface area contributed by atoms with Crippen molar-refractivity contribution in [3.05, 3.63) is 40.4 Å². The lowest BCUT2D eigenvalue weighted by Crippen LogP contribution is -2.15. The molecule has 0 N–H and O–H groups in total. The summed E-state index contributed by atoms with van der Waals surface area (Å²) in [5.74, 6) is 0.646. The summed E-state index contributed by atoms with van der Waals surface area (Å²) in [5.41, 5.74) is 2.07. The van der Waals surface area contributed by atoms with Gasteiger partial charge in [0.2, 0.25) is 0 Å². The fraction of sp³-hybridized carbons (Fsp3) is 0.357. The number of hydrogen-bond donors (Lipinski definition) is 0. The van der Waals surface area contributed by atoms with Crippen LogP contribution < -0.4 is 0 Å². The lowest BCUT2D eigenvalue weighted by Gasteiger charge is -2.24. The van der Waals surface area contributed by atoms with E-state index in [0.29, 0.717) is 6.04 Å². The quantitative estimate of drug-likeness (QED) is 0.766. The summed E-state index contributed by atoms with van der Waals surface area (Å²) in [4.78, 5) is 4.57. The Hall–Kier alpha value is -1.16. The third-order valence-electron chi connectivity index (χ3n) is 3.52. The number of hydrogen-bond acceptors (Lipinski definition) is 1. The molecule has 94 valence electrons. The van der Waals surface area contributed by atoms with Gasteiger partial charge in [0, 0.05) is 11.6 Å². The van der Waals surface area contributed by atoms with Gasteiger partial charge in [0.25, 0.3) is 0 Å². The highest BCUT2D eigenvalue weighted by Crippen LogP contribution is 2.35. The van der Waals surface area contributed by atoms with Crippen molar-refractivity contribution in [1.29, 1.82) is 0 Å². The molecule has 0 saturated carbocycles. The van der Waals surface area contributed by atoms with E-state index in [1.54, 1.807) is 12.1 Å².